The van der Waals surface area contributed by atoms with Crippen molar-refractivity contribution in [2.45, 2.75) is 117 Å². The van der Waals surface area contributed by atoms with E-state index in [1.54, 1.807) is 0 Å². The first kappa shape index (κ1) is 61.6. The second kappa shape index (κ2) is 30.9. The van der Waals surface area contributed by atoms with Crippen LogP contribution in [0.4, 0.5) is 0 Å². The van der Waals surface area contributed by atoms with Crippen LogP contribution in [0.15, 0.2) is 0 Å². The van der Waals surface area contributed by atoms with Gasteiger partial charge < -0.3 is 50.8 Å². The van der Waals surface area contributed by atoms with Crippen molar-refractivity contribution in [1.29, 1.82) is 0 Å². The van der Waals surface area contributed by atoms with Gasteiger partial charge in [0.2, 0.25) is 23.0 Å². The Balaban J connectivity index is -0.000000309. The zero-order valence-corrected chi connectivity index (χ0v) is 32.9. The Labute approximate surface area is 359 Å². The van der Waals surface area contributed by atoms with E-state index in [9.17, 15) is 44.1 Å². The molecular weight excluding hydrogens is 838 g/mol. The van der Waals surface area contributed by atoms with Gasteiger partial charge in [0, 0.05) is 44.6 Å². The Bertz CT molecular complexity index is 1230. The van der Waals surface area contributed by atoms with E-state index < -0.39 is 47.8 Å². The van der Waals surface area contributed by atoms with Gasteiger partial charge in [-0.1, -0.05) is 29.7 Å². The lowest BCUT2D eigenvalue weighted by molar-refractivity contribution is -0.149. The monoisotopic (exact) mass is 904 g/mol. The molecule has 18 nitrogen and oxygen atoms in total. The molecule has 6 fully saturated rings. The first-order chi connectivity index (χ1) is 24.6. The van der Waals surface area contributed by atoms with Crippen LogP contribution in [0.5, 0.6) is 0 Å². The average Bonchev–Trinajstić information content (AvgIpc) is 3.94. The van der Waals surface area contributed by atoms with E-state index in [4.69, 9.17) is 39.9 Å². The summed E-state index contributed by atoms with van der Waals surface area (Å²) < 4.78 is 9.09. The number of aliphatic hydroxyl groups excluding tert-OH is 4. The molecule has 0 aromatic heterocycles. The smallest absolute Gasteiger partial charge is 0.325 e. The summed E-state index contributed by atoms with van der Waals surface area (Å²) in [5.41, 5.74) is 0. The zero-order valence-electron chi connectivity index (χ0n) is 29.8. The molecule has 57 heavy (non-hydrogen) atoms. The third kappa shape index (κ3) is 18.0. The summed E-state index contributed by atoms with van der Waals surface area (Å²) in [6.07, 6.45) is 0.119. The number of carbonyl (C=O) groups excluding carboxylic acids is 6. The third-order valence-electron chi connectivity index (χ3n) is 9.19. The Hall–Kier alpha value is -2.10. The van der Waals surface area contributed by atoms with Gasteiger partial charge in [0.1, 0.15) is 24.2 Å². The number of carbonyl (C=O) groups is 6. The van der Waals surface area contributed by atoms with Gasteiger partial charge in [-0.05, 0) is 50.8 Å². The highest BCUT2D eigenvalue weighted by Crippen LogP contribution is 2.23. The van der Waals surface area contributed by atoms with Crippen molar-refractivity contribution in [2.24, 2.45) is 0 Å². The molecule has 22 heteroatoms. The molecular formula is C35H68Cl4N6O12. The topological polar surface area (TPSA) is 248 Å². The Morgan fingerprint density at radius 1 is 0.754 bits per heavy atom. The average molecular weight is 907 g/mol. The minimum absolute atomic E-state index is 0. The number of nitrogens with one attached hydrogen (secondary N) is 3. The fraction of sp³-hybridized carbons (Fsp3) is 0.829. The molecule has 3 unspecified atom stereocenters. The van der Waals surface area contributed by atoms with Gasteiger partial charge in [0.15, 0.2) is 0 Å². The molecule has 7 N–H and O–H groups in total. The molecule has 9 atom stereocenters. The van der Waals surface area contributed by atoms with Crippen LogP contribution in [-0.2, 0) is 38.2 Å². The largest absolute Gasteiger partial charge is 0.468 e. The summed E-state index contributed by atoms with van der Waals surface area (Å²) in [7, 11) is 2.64. The number of esters is 2. The lowest BCUT2D eigenvalue weighted by Crippen LogP contribution is -2.58. The number of alkyl halides is 2. The highest BCUT2D eigenvalue weighted by Gasteiger charge is 2.44. The van der Waals surface area contributed by atoms with E-state index in [0.29, 0.717) is 44.8 Å². The van der Waals surface area contributed by atoms with Gasteiger partial charge >= 0.3 is 11.9 Å². The maximum atomic E-state index is 11.4. The molecule has 338 valence electrons. The summed E-state index contributed by atoms with van der Waals surface area (Å²) in [4.78, 5) is 70.5. The standard InChI is InChI=1S/C9H16ClNO3.C7H10N2O3.C7H12N2O2.C6H11NO3.C2H2Cl2O.4CH4.ClH/c1-6(5-10)11-4-3-7(12)8(11)9(13)14-2;10-4-1-2-9-5(11)3-8-7(12)6(4)9;10-5-1-3-9-4-2-8-7(11)6(5)9;1-10-6(9)5-4(8)2-3-7-5;3-1-2(4)5;;;;;/h6-8,12H,3-5H2,1-2H3;4,6,10H,1-3H2,(H,8,12);5-6,10H,1-4H2,(H,8,11);4-5,7-8H,2-3H2,1H3;1H2;4*1H4;1H/t6?,7-,8-;4-,6?;5-,6?;4-,5-;;;;;;/m0000....../s1. The van der Waals surface area contributed by atoms with E-state index in [1.165, 1.54) is 19.1 Å². The minimum atomic E-state index is -0.686. The molecule has 0 aliphatic carbocycles. The maximum absolute atomic E-state index is 11.4. The number of halogens is 4. The van der Waals surface area contributed by atoms with Crippen LogP contribution in [0.3, 0.4) is 0 Å². The highest BCUT2D eigenvalue weighted by atomic mass is 35.5. The molecule has 3 amide bonds. The van der Waals surface area contributed by atoms with Crippen molar-refractivity contribution in [1.82, 2.24) is 30.7 Å². The SMILES string of the molecule is C.C.C.C.COC(=O)[C@@H]1[C@@H](O)CCN1C(C)CCl.COC(=O)[C@H]1NCC[C@@H]1O.Cl.O=C(Cl)CCl.O=C1NCC(=O)N2CC[C@H](O)C12.O=C1NCCN2CC[C@H](O)C12. The number of rotatable bonds is 5. The number of amides is 3. The normalized spacial score (nSPS) is 28.5. The number of fused-ring (bicyclic) bond motifs is 2. The summed E-state index contributed by atoms with van der Waals surface area (Å²) >= 11 is 15.3. The zero-order chi connectivity index (χ0) is 39.1. The number of nitrogens with zero attached hydrogens (tertiary/aromatic N) is 3. The summed E-state index contributed by atoms with van der Waals surface area (Å²) in [5, 5.41) is 45.0. The molecule has 0 bridgehead atoms. The predicted molar refractivity (Wildman–Crippen MR) is 222 cm³/mol. The van der Waals surface area contributed by atoms with E-state index in [2.05, 4.69) is 25.4 Å². The Morgan fingerprint density at radius 2 is 1.28 bits per heavy atom. The molecule has 6 saturated heterocycles. The van der Waals surface area contributed by atoms with Crippen LogP contribution in [0.2, 0.25) is 0 Å². The van der Waals surface area contributed by atoms with Crippen molar-refractivity contribution >= 4 is 82.1 Å². The lowest BCUT2D eigenvalue weighted by Gasteiger charge is -2.29. The van der Waals surface area contributed by atoms with Crippen LogP contribution in [-0.4, -0.2) is 196 Å². The Morgan fingerprint density at radius 3 is 1.75 bits per heavy atom. The first-order valence-corrected chi connectivity index (χ1v) is 18.3. The van der Waals surface area contributed by atoms with Crippen LogP contribution in [0.25, 0.3) is 0 Å². The van der Waals surface area contributed by atoms with Gasteiger partial charge in [-0.2, -0.15) is 0 Å². The molecule has 0 aromatic rings. The van der Waals surface area contributed by atoms with Gasteiger partial charge in [-0.15, -0.1) is 35.6 Å². The van der Waals surface area contributed by atoms with Gasteiger partial charge in [-0.3, -0.25) is 38.6 Å². The number of hydrogen-bond acceptors (Lipinski definition) is 15. The molecule has 6 aliphatic heterocycles. The van der Waals surface area contributed by atoms with Crippen molar-refractivity contribution in [2.75, 3.05) is 71.8 Å². The van der Waals surface area contributed by atoms with E-state index >= 15 is 0 Å². The predicted octanol–water partition coefficient (Wildman–Crippen LogP) is -0.310. The molecule has 6 rings (SSSR count). The number of methoxy groups -OCH3 is 2. The molecule has 0 aromatic carbocycles. The molecule has 0 saturated carbocycles. The molecule has 6 aliphatic rings. The number of piperazine rings is 2. The van der Waals surface area contributed by atoms with Gasteiger partial charge in [0.25, 0.3) is 0 Å². The van der Waals surface area contributed by atoms with Crippen LogP contribution in [0, 0.1) is 0 Å². The van der Waals surface area contributed by atoms with Crippen molar-refractivity contribution in [3.8, 4) is 0 Å². The second-order valence-electron chi connectivity index (χ2n) is 12.6. The van der Waals surface area contributed by atoms with Gasteiger partial charge in [0.05, 0.1) is 51.1 Å². The van der Waals surface area contributed by atoms with E-state index in [0.717, 1.165) is 26.1 Å². The molecule has 0 spiro atoms. The Kier molecular flexibility index (Phi) is 33.3. The van der Waals surface area contributed by atoms with E-state index in [1.807, 2.05) is 16.7 Å². The van der Waals surface area contributed by atoms with Crippen molar-refractivity contribution in [3.05, 3.63) is 0 Å². The van der Waals surface area contributed by atoms with E-state index in [-0.39, 0.29) is 96.3 Å². The first-order valence-electron chi connectivity index (χ1n) is 16.9. The number of likely N-dealkylation sites (tertiary alicyclic amines) is 1. The quantitative estimate of drug-likeness (QED) is 0.106. The van der Waals surface area contributed by atoms with Crippen LogP contribution >= 0.6 is 47.2 Å². The van der Waals surface area contributed by atoms with Crippen LogP contribution < -0.4 is 16.0 Å². The number of hydrogen-bond donors (Lipinski definition) is 7. The second-order valence-corrected chi connectivity index (χ2v) is 13.6. The van der Waals surface area contributed by atoms with Crippen LogP contribution in [0.1, 0.15) is 62.3 Å². The summed E-state index contributed by atoms with van der Waals surface area (Å²) in [6, 6.07) is -1.87. The van der Waals surface area contributed by atoms with Crippen molar-refractivity contribution in [3.63, 3.8) is 0 Å². The minimum Gasteiger partial charge on any atom is -0.468 e. The maximum Gasteiger partial charge on any atom is 0.325 e. The molecule has 6 heterocycles. The highest BCUT2D eigenvalue weighted by molar-refractivity contribution is 6.67. The van der Waals surface area contributed by atoms with Gasteiger partial charge in [-0.25, -0.2) is 0 Å². The lowest BCUT2D eigenvalue weighted by atomic mass is 10.1. The molecule has 0 radical (unpaired) electrons. The fourth-order valence-electron chi connectivity index (χ4n) is 6.45. The summed E-state index contributed by atoms with van der Waals surface area (Å²) in [5.74, 6) is -0.768. The van der Waals surface area contributed by atoms with Crippen molar-refractivity contribution < 1.29 is 58.7 Å². The fourth-order valence-corrected chi connectivity index (χ4v) is 6.63. The number of ether oxygens (including phenoxy) is 2. The third-order valence-corrected chi connectivity index (χ3v) is 10.2. The summed E-state index contributed by atoms with van der Waals surface area (Å²) in [6.45, 7) is 6.34. The number of aliphatic hydroxyl groups is 4.